The third kappa shape index (κ3) is 4.89. The number of ether oxygens (including phenoxy) is 1. The number of halogens is 2. The molecule has 3 aromatic rings. The summed E-state index contributed by atoms with van der Waals surface area (Å²) < 4.78 is 6.16. The van der Waals surface area contributed by atoms with Gasteiger partial charge < -0.3 is 10.5 Å². The number of carbonyl (C=O) groups is 1. The van der Waals surface area contributed by atoms with E-state index in [2.05, 4.69) is 17.1 Å². The summed E-state index contributed by atoms with van der Waals surface area (Å²) in [5, 5.41) is 11.3. The summed E-state index contributed by atoms with van der Waals surface area (Å²) in [5.74, 6) is 0.444. The van der Waals surface area contributed by atoms with Crippen LogP contribution in [-0.2, 0) is 11.4 Å². The quantitative estimate of drug-likeness (QED) is 0.333. The molecule has 0 bridgehead atoms. The summed E-state index contributed by atoms with van der Waals surface area (Å²) in [7, 11) is 0. The third-order valence-electron chi connectivity index (χ3n) is 7.45. The van der Waals surface area contributed by atoms with Crippen molar-refractivity contribution in [2.24, 2.45) is 5.73 Å². The van der Waals surface area contributed by atoms with Crippen LogP contribution in [0.3, 0.4) is 0 Å². The van der Waals surface area contributed by atoms with Gasteiger partial charge in [-0.2, -0.15) is 5.26 Å². The minimum absolute atomic E-state index is 0.0149. The maximum atomic E-state index is 13.5. The highest BCUT2D eigenvalue weighted by Gasteiger charge is 2.41. The van der Waals surface area contributed by atoms with Crippen molar-refractivity contribution in [1.29, 1.82) is 5.26 Å². The lowest BCUT2D eigenvalue weighted by Crippen LogP contribution is -2.39. The highest BCUT2D eigenvalue weighted by atomic mass is 35.5. The van der Waals surface area contributed by atoms with Crippen LogP contribution in [0.25, 0.3) is 0 Å². The maximum absolute atomic E-state index is 13.5. The fraction of sp³-hybridized carbons (Fsp3) is 0.258. The lowest BCUT2D eigenvalue weighted by molar-refractivity contribution is -0.116. The standard InChI is InChI=1S/C31H28Cl2N4O2/c1-17-12-18(2)22(14-20(17)16-39-27-10-9-21(32)13-19(27)3)28-23(15-34)31(35)37(25-7-5-11-36-30(25)33)24-6-4-8-26(38)29(24)28/h5,7,9-14,28H,4,6,8,16,35H2,1-3H3. The summed E-state index contributed by atoms with van der Waals surface area (Å²) in [6.07, 6.45) is 3.34. The summed E-state index contributed by atoms with van der Waals surface area (Å²) in [6.45, 7) is 6.31. The monoisotopic (exact) mass is 558 g/mol. The molecule has 2 N–H and O–H groups in total. The lowest BCUT2D eigenvalue weighted by Gasteiger charge is -2.40. The zero-order valence-corrected chi connectivity index (χ0v) is 23.5. The van der Waals surface area contributed by atoms with Crippen molar-refractivity contribution < 1.29 is 9.53 Å². The molecule has 1 unspecified atom stereocenters. The fourth-order valence-electron chi connectivity index (χ4n) is 5.53. The van der Waals surface area contributed by atoms with Gasteiger partial charge >= 0.3 is 0 Å². The molecular formula is C31H28Cl2N4O2. The molecule has 0 spiro atoms. The molecule has 39 heavy (non-hydrogen) atoms. The van der Waals surface area contributed by atoms with E-state index < -0.39 is 5.92 Å². The number of anilines is 1. The van der Waals surface area contributed by atoms with Gasteiger partial charge in [0.2, 0.25) is 0 Å². The van der Waals surface area contributed by atoms with Crippen molar-refractivity contribution in [3.63, 3.8) is 0 Å². The van der Waals surface area contributed by atoms with Crippen LogP contribution in [0, 0.1) is 32.1 Å². The first kappa shape index (κ1) is 26.8. The first-order chi connectivity index (χ1) is 18.7. The molecule has 0 saturated carbocycles. The Kier molecular flexibility index (Phi) is 7.40. The number of ketones is 1. The molecule has 1 aliphatic heterocycles. The van der Waals surface area contributed by atoms with Gasteiger partial charge in [0.1, 0.15) is 18.2 Å². The molecule has 8 heteroatoms. The van der Waals surface area contributed by atoms with E-state index in [-0.39, 0.29) is 16.8 Å². The van der Waals surface area contributed by atoms with Crippen molar-refractivity contribution in [1.82, 2.24) is 4.98 Å². The molecule has 2 heterocycles. The number of rotatable bonds is 5. The number of aromatic nitrogens is 1. The fourth-order valence-corrected chi connectivity index (χ4v) is 5.96. The van der Waals surface area contributed by atoms with Gasteiger partial charge in [-0.3, -0.25) is 9.69 Å². The van der Waals surface area contributed by atoms with Gasteiger partial charge in [0.15, 0.2) is 10.9 Å². The van der Waals surface area contributed by atoms with E-state index in [0.29, 0.717) is 47.7 Å². The molecule has 198 valence electrons. The molecule has 0 fully saturated rings. The van der Waals surface area contributed by atoms with Crippen LogP contribution >= 0.6 is 23.2 Å². The number of hydrogen-bond acceptors (Lipinski definition) is 6. The number of aryl methyl sites for hydroxylation is 3. The maximum Gasteiger partial charge on any atom is 0.161 e. The van der Waals surface area contributed by atoms with Crippen LogP contribution < -0.4 is 15.4 Å². The Hall–Kier alpha value is -3.79. The molecule has 1 aliphatic carbocycles. The van der Waals surface area contributed by atoms with Crippen molar-refractivity contribution in [2.45, 2.75) is 52.6 Å². The van der Waals surface area contributed by atoms with Crippen LogP contribution in [-0.4, -0.2) is 10.8 Å². The predicted molar refractivity (Wildman–Crippen MR) is 154 cm³/mol. The second-order valence-electron chi connectivity index (χ2n) is 9.96. The molecule has 5 rings (SSSR count). The molecular weight excluding hydrogens is 531 g/mol. The summed E-state index contributed by atoms with van der Waals surface area (Å²) in [6, 6.07) is 15.5. The smallest absolute Gasteiger partial charge is 0.161 e. The summed E-state index contributed by atoms with van der Waals surface area (Å²) >= 11 is 12.6. The minimum atomic E-state index is -0.582. The van der Waals surface area contributed by atoms with Crippen molar-refractivity contribution in [3.05, 3.63) is 109 Å². The number of pyridine rings is 1. The molecule has 0 radical (unpaired) electrons. The molecule has 0 amide bonds. The first-order valence-electron chi connectivity index (χ1n) is 12.8. The largest absolute Gasteiger partial charge is 0.489 e. The van der Waals surface area contributed by atoms with Gasteiger partial charge in [0.05, 0.1) is 23.2 Å². The highest BCUT2D eigenvalue weighted by molar-refractivity contribution is 6.32. The average Bonchev–Trinajstić information content (AvgIpc) is 2.89. The molecule has 2 aliphatic rings. The third-order valence-corrected chi connectivity index (χ3v) is 7.98. The minimum Gasteiger partial charge on any atom is -0.489 e. The van der Waals surface area contributed by atoms with E-state index in [1.165, 1.54) is 0 Å². The van der Waals surface area contributed by atoms with Gasteiger partial charge in [-0.25, -0.2) is 4.98 Å². The summed E-state index contributed by atoms with van der Waals surface area (Å²) in [4.78, 5) is 19.5. The van der Waals surface area contributed by atoms with E-state index in [0.717, 1.165) is 39.3 Å². The second-order valence-corrected chi connectivity index (χ2v) is 10.8. The topological polar surface area (TPSA) is 92.2 Å². The summed E-state index contributed by atoms with van der Waals surface area (Å²) in [5.41, 5.74) is 13.8. The normalized spacial score (nSPS) is 17.3. The Morgan fingerprint density at radius 2 is 1.90 bits per heavy atom. The Bertz CT molecular complexity index is 1600. The van der Waals surface area contributed by atoms with Gasteiger partial charge in [-0.05, 0) is 91.8 Å². The zero-order valence-electron chi connectivity index (χ0n) is 22.0. The number of nitrogens with zero attached hydrogens (tertiary/aromatic N) is 3. The van der Waals surface area contributed by atoms with Crippen molar-refractivity contribution in [2.75, 3.05) is 4.90 Å². The Morgan fingerprint density at radius 3 is 2.62 bits per heavy atom. The number of nitrogens with two attached hydrogens (primary N) is 1. The van der Waals surface area contributed by atoms with Crippen LogP contribution in [0.5, 0.6) is 5.75 Å². The number of Topliss-reactive ketones (excluding diaryl/α,β-unsaturated/α-hetero) is 1. The van der Waals surface area contributed by atoms with Crippen LogP contribution in [0.1, 0.15) is 53.0 Å². The Balaban J connectivity index is 1.63. The van der Waals surface area contributed by atoms with Crippen molar-refractivity contribution in [3.8, 4) is 11.8 Å². The van der Waals surface area contributed by atoms with Crippen LogP contribution in [0.2, 0.25) is 10.2 Å². The number of carbonyl (C=O) groups excluding carboxylic acids is 1. The van der Waals surface area contributed by atoms with E-state index in [4.69, 9.17) is 33.7 Å². The molecule has 1 aromatic heterocycles. The predicted octanol–water partition coefficient (Wildman–Crippen LogP) is 7.20. The number of allylic oxidation sites excluding steroid dienone is 3. The SMILES string of the molecule is Cc1cc(C)c(C2C(C#N)=C(N)N(c3cccnc3Cl)C3=C2C(=O)CCC3)cc1COc1ccc(Cl)cc1C. The van der Waals surface area contributed by atoms with E-state index >= 15 is 0 Å². The van der Waals surface area contributed by atoms with Gasteiger partial charge in [0.25, 0.3) is 0 Å². The van der Waals surface area contributed by atoms with Gasteiger partial charge in [-0.15, -0.1) is 0 Å². The second kappa shape index (κ2) is 10.8. The molecule has 0 saturated heterocycles. The Morgan fingerprint density at radius 1 is 1.10 bits per heavy atom. The zero-order chi connectivity index (χ0) is 27.8. The lowest BCUT2D eigenvalue weighted by atomic mass is 9.74. The van der Waals surface area contributed by atoms with E-state index in [9.17, 15) is 10.1 Å². The highest BCUT2D eigenvalue weighted by Crippen LogP contribution is 2.48. The number of hydrogen-bond donors (Lipinski definition) is 1. The van der Waals surface area contributed by atoms with Gasteiger partial charge in [-0.1, -0.05) is 35.3 Å². The van der Waals surface area contributed by atoms with E-state index in [1.54, 1.807) is 29.3 Å². The number of benzene rings is 2. The molecule has 1 atom stereocenters. The first-order valence-corrected chi connectivity index (χ1v) is 13.5. The van der Waals surface area contributed by atoms with Gasteiger partial charge in [0, 0.05) is 28.9 Å². The van der Waals surface area contributed by atoms with Crippen LogP contribution in [0.15, 0.2) is 71.3 Å². The molecule has 6 nitrogen and oxygen atoms in total. The van der Waals surface area contributed by atoms with E-state index in [1.807, 2.05) is 39.0 Å². The Labute approximate surface area is 238 Å². The average molecular weight is 559 g/mol. The molecule has 2 aromatic carbocycles. The number of nitriles is 1. The van der Waals surface area contributed by atoms with Crippen molar-refractivity contribution >= 4 is 34.7 Å². The van der Waals surface area contributed by atoms with Crippen LogP contribution in [0.4, 0.5) is 5.69 Å².